The fourth-order valence-corrected chi connectivity index (χ4v) is 3.73. The van der Waals surface area contributed by atoms with Crippen LogP contribution in [0.25, 0.3) is 10.8 Å². The van der Waals surface area contributed by atoms with E-state index in [0.717, 1.165) is 40.2 Å². The molecule has 1 saturated carbocycles. The van der Waals surface area contributed by atoms with Gasteiger partial charge in [-0.1, -0.05) is 37.3 Å². The summed E-state index contributed by atoms with van der Waals surface area (Å²) in [6.07, 6.45) is 4.39. The Labute approximate surface area is 150 Å². The molecule has 2 aromatic carbocycles. The maximum Gasteiger partial charge on any atom is 0.277 e. The van der Waals surface area contributed by atoms with Crippen molar-refractivity contribution in [2.75, 3.05) is 6.61 Å². The lowest BCUT2D eigenvalue weighted by Gasteiger charge is -2.10. The average Bonchev–Trinajstić information content (AvgIpc) is 3.07. The minimum Gasteiger partial charge on any atom is -0.483 e. The Kier molecular flexibility index (Phi) is 5.51. The topological polar surface area (TPSA) is 50.7 Å². The van der Waals surface area contributed by atoms with Gasteiger partial charge in [-0.3, -0.25) is 4.79 Å². The van der Waals surface area contributed by atoms with Gasteiger partial charge in [0.1, 0.15) is 5.75 Å². The van der Waals surface area contributed by atoms with Crippen LogP contribution in [0.3, 0.4) is 0 Å². The molecule has 0 heterocycles. The normalized spacial score (nSPS) is 18.9. The molecule has 1 N–H and O–H groups in total. The number of rotatable bonds is 5. The lowest BCUT2D eigenvalue weighted by molar-refractivity contribution is -0.123. The van der Waals surface area contributed by atoms with Gasteiger partial charge in [0.2, 0.25) is 0 Å². The first-order chi connectivity index (χ1) is 11.7. The first-order valence-electron chi connectivity index (χ1n) is 8.34. The van der Waals surface area contributed by atoms with E-state index in [9.17, 15) is 4.79 Å². The summed E-state index contributed by atoms with van der Waals surface area (Å²) < 4.78 is 6.51. The maximum atomic E-state index is 12.0. The number of fused-ring (bicyclic) bond motifs is 1. The van der Waals surface area contributed by atoms with Gasteiger partial charge in [0.05, 0.1) is 4.47 Å². The largest absolute Gasteiger partial charge is 0.483 e. The number of carbonyl (C=O) groups is 1. The number of halogens is 1. The van der Waals surface area contributed by atoms with Crippen molar-refractivity contribution in [2.45, 2.75) is 32.6 Å². The summed E-state index contributed by atoms with van der Waals surface area (Å²) in [7, 11) is 0. The molecular weight excluding hydrogens is 368 g/mol. The third-order valence-electron chi connectivity index (χ3n) is 4.46. The number of benzene rings is 2. The average molecular weight is 389 g/mol. The monoisotopic (exact) mass is 388 g/mol. The standard InChI is InChI=1S/C19H21BrN2O2/c1-2-13-7-5-9-16(13)21-22-18(23)12-24-17-11-10-14-6-3-4-8-15(14)19(17)20/h3-4,6,8,10-11,13H,2,5,7,9,12H2,1H3,(H,22,23). The van der Waals surface area contributed by atoms with Crippen LogP contribution < -0.4 is 10.2 Å². The molecule has 2 aromatic rings. The quantitative estimate of drug-likeness (QED) is 0.756. The van der Waals surface area contributed by atoms with Gasteiger partial charge in [-0.25, -0.2) is 5.43 Å². The molecule has 1 unspecified atom stereocenters. The molecule has 3 rings (SSSR count). The van der Waals surface area contributed by atoms with Crippen molar-refractivity contribution in [2.24, 2.45) is 11.0 Å². The van der Waals surface area contributed by atoms with Gasteiger partial charge in [-0.2, -0.15) is 5.10 Å². The molecule has 1 atom stereocenters. The summed E-state index contributed by atoms with van der Waals surface area (Å²) >= 11 is 3.56. The van der Waals surface area contributed by atoms with Gasteiger partial charge in [-0.05, 0) is 64.4 Å². The van der Waals surface area contributed by atoms with E-state index >= 15 is 0 Å². The SMILES string of the molecule is CCC1CCCC1=NNC(=O)COc1ccc2ccccc2c1Br. The van der Waals surface area contributed by atoms with Crippen molar-refractivity contribution in [1.29, 1.82) is 0 Å². The Morgan fingerprint density at radius 2 is 2.17 bits per heavy atom. The third-order valence-corrected chi connectivity index (χ3v) is 5.28. The number of ether oxygens (including phenoxy) is 1. The second-order valence-electron chi connectivity index (χ2n) is 6.02. The number of hydrogen-bond acceptors (Lipinski definition) is 3. The van der Waals surface area contributed by atoms with Gasteiger partial charge >= 0.3 is 0 Å². The van der Waals surface area contributed by atoms with E-state index in [1.165, 1.54) is 6.42 Å². The van der Waals surface area contributed by atoms with Crippen LogP contribution in [0.2, 0.25) is 0 Å². The van der Waals surface area contributed by atoms with Gasteiger partial charge in [0.15, 0.2) is 6.61 Å². The summed E-state index contributed by atoms with van der Waals surface area (Å²) in [5.41, 5.74) is 3.73. The van der Waals surface area contributed by atoms with Gasteiger partial charge in [-0.15, -0.1) is 0 Å². The predicted molar refractivity (Wildman–Crippen MR) is 100 cm³/mol. The van der Waals surface area contributed by atoms with E-state index in [1.54, 1.807) is 0 Å². The first-order valence-corrected chi connectivity index (χ1v) is 9.13. The molecular formula is C19H21BrN2O2. The second-order valence-corrected chi connectivity index (χ2v) is 6.82. The van der Waals surface area contributed by atoms with Crippen molar-refractivity contribution >= 4 is 38.3 Å². The molecule has 0 radical (unpaired) electrons. The zero-order chi connectivity index (χ0) is 16.9. The van der Waals surface area contributed by atoms with Crippen molar-refractivity contribution in [1.82, 2.24) is 5.43 Å². The lowest BCUT2D eigenvalue weighted by atomic mass is 10.0. The summed E-state index contributed by atoms with van der Waals surface area (Å²) in [4.78, 5) is 12.0. The van der Waals surface area contributed by atoms with Crippen LogP contribution in [0, 0.1) is 5.92 Å². The van der Waals surface area contributed by atoms with Crippen molar-refractivity contribution < 1.29 is 9.53 Å². The van der Waals surface area contributed by atoms with E-state index in [1.807, 2.05) is 36.4 Å². The zero-order valence-corrected chi connectivity index (χ0v) is 15.3. The Morgan fingerprint density at radius 3 is 3.00 bits per heavy atom. The molecule has 1 amide bonds. The molecule has 0 bridgehead atoms. The maximum absolute atomic E-state index is 12.0. The third kappa shape index (κ3) is 3.78. The van der Waals surface area contributed by atoms with Crippen molar-refractivity contribution in [3.63, 3.8) is 0 Å². The van der Waals surface area contributed by atoms with Gasteiger partial charge < -0.3 is 4.74 Å². The summed E-state index contributed by atoms with van der Waals surface area (Å²) in [6.45, 7) is 2.11. The second kappa shape index (κ2) is 7.79. The molecule has 0 spiro atoms. The van der Waals surface area contributed by atoms with Crippen LogP contribution in [-0.4, -0.2) is 18.2 Å². The van der Waals surface area contributed by atoms with Crippen LogP contribution in [0.4, 0.5) is 0 Å². The molecule has 126 valence electrons. The number of hydrazone groups is 1. The highest BCUT2D eigenvalue weighted by Crippen LogP contribution is 2.33. The summed E-state index contributed by atoms with van der Waals surface area (Å²) in [5, 5.41) is 6.47. The molecule has 1 fully saturated rings. The van der Waals surface area contributed by atoms with Gasteiger partial charge in [0.25, 0.3) is 5.91 Å². The lowest BCUT2D eigenvalue weighted by Crippen LogP contribution is -2.26. The van der Waals surface area contributed by atoms with Crippen molar-refractivity contribution in [3.8, 4) is 5.75 Å². The molecule has 24 heavy (non-hydrogen) atoms. The Hall–Kier alpha value is -1.88. The predicted octanol–water partition coefficient (Wildman–Crippen LogP) is 4.66. The number of nitrogens with one attached hydrogen (secondary N) is 1. The summed E-state index contributed by atoms with van der Waals surface area (Å²) in [5.74, 6) is 0.939. The highest BCUT2D eigenvalue weighted by Gasteiger charge is 2.21. The minimum absolute atomic E-state index is 0.0511. The fraction of sp³-hybridized carbons (Fsp3) is 0.368. The number of amides is 1. The van der Waals surface area contributed by atoms with Crippen LogP contribution >= 0.6 is 15.9 Å². The Morgan fingerprint density at radius 1 is 1.33 bits per heavy atom. The molecule has 0 saturated heterocycles. The van der Waals surface area contributed by atoms with E-state index in [-0.39, 0.29) is 12.5 Å². The van der Waals surface area contributed by atoms with Crippen LogP contribution in [-0.2, 0) is 4.79 Å². The number of hydrogen-bond donors (Lipinski definition) is 1. The van der Waals surface area contributed by atoms with E-state index in [0.29, 0.717) is 11.7 Å². The molecule has 0 aliphatic heterocycles. The first kappa shape index (κ1) is 17.0. The summed E-state index contributed by atoms with van der Waals surface area (Å²) in [6, 6.07) is 11.9. The van der Waals surface area contributed by atoms with Crippen LogP contribution in [0.5, 0.6) is 5.75 Å². The highest BCUT2D eigenvalue weighted by atomic mass is 79.9. The van der Waals surface area contributed by atoms with Crippen molar-refractivity contribution in [3.05, 3.63) is 40.9 Å². The zero-order valence-electron chi connectivity index (χ0n) is 13.7. The molecule has 1 aliphatic carbocycles. The minimum atomic E-state index is -0.232. The Balaban J connectivity index is 1.60. The van der Waals surface area contributed by atoms with E-state index in [2.05, 4.69) is 33.4 Å². The molecule has 1 aliphatic rings. The van der Waals surface area contributed by atoms with E-state index in [4.69, 9.17) is 4.74 Å². The molecule has 5 heteroatoms. The van der Waals surface area contributed by atoms with Gasteiger partial charge in [0, 0.05) is 5.71 Å². The molecule has 0 aromatic heterocycles. The smallest absolute Gasteiger partial charge is 0.277 e. The number of carbonyl (C=O) groups excluding carboxylic acids is 1. The van der Waals surface area contributed by atoms with E-state index < -0.39 is 0 Å². The van der Waals surface area contributed by atoms with Crippen LogP contribution in [0.15, 0.2) is 46.0 Å². The van der Waals surface area contributed by atoms with Crippen LogP contribution in [0.1, 0.15) is 32.6 Å². The number of nitrogens with zero attached hydrogens (tertiary/aromatic N) is 1. The fourth-order valence-electron chi connectivity index (χ4n) is 3.12. The highest BCUT2D eigenvalue weighted by molar-refractivity contribution is 9.10. The Bertz CT molecular complexity index is 773. The molecule has 4 nitrogen and oxygen atoms in total.